The highest BCUT2D eigenvalue weighted by molar-refractivity contribution is 6.03. The number of hydrogen-bond acceptors (Lipinski definition) is 4. The highest BCUT2D eigenvalue weighted by atomic mass is 16.1. The Labute approximate surface area is 228 Å². The lowest BCUT2D eigenvalue weighted by Gasteiger charge is -2.33. The number of ketones is 4. The van der Waals surface area contributed by atoms with Crippen molar-refractivity contribution in [2.45, 2.75) is 99.3 Å². The van der Waals surface area contributed by atoms with Crippen molar-refractivity contribution in [1.29, 1.82) is 0 Å². The molecule has 204 valence electrons. The summed E-state index contributed by atoms with van der Waals surface area (Å²) in [6.07, 6.45) is 4.80. The fourth-order valence-electron chi connectivity index (χ4n) is 6.55. The molecule has 3 atom stereocenters. The van der Waals surface area contributed by atoms with Gasteiger partial charge in [-0.25, -0.2) is 0 Å². The van der Waals surface area contributed by atoms with Gasteiger partial charge in [0.15, 0.2) is 11.6 Å². The third-order valence-corrected chi connectivity index (χ3v) is 8.32. The van der Waals surface area contributed by atoms with Crippen LogP contribution in [0.2, 0.25) is 0 Å². The van der Waals surface area contributed by atoms with Gasteiger partial charge in [0.25, 0.3) is 0 Å². The second kappa shape index (κ2) is 12.8. The Morgan fingerprint density at radius 2 is 1.74 bits per heavy atom. The van der Waals surface area contributed by atoms with Crippen LogP contribution in [-0.4, -0.2) is 23.1 Å². The van der Waals surface area contributed by atoms with E-state index in [-0.39, 0.29) is 53.2 Å². The van der Waals surface area contributed by atoms with Crippen molar-refractivity contribution in [3.8, 4) is 11.1 Å². The summed E-state index contributed by atoms with van der Waals surface area (Å²) in [5.41, 5.74) is 6.84. The van der Waals surface area contributed by atoms with E-state index in [1.54, 1.807) is 6.92 Å². The van der Waals surface area contributed by atoms with E-state index in [0.717, 1.165) is 59.9 Å². The molecule has 0 saturated heterocycles. The number of fused-ring (bicyclic) bond motifs is 1. The zero-order valence-corrected chi connectivity index (χ0v) is 24.3. The summed E-state index contributed by atoms with van der Waals surface area (Å²) in [6.45, 7) is 13.6. The average Bonchev–Trinajstić information content (AvgIpc) is 2.84. The van der Waals surface area contributed by atoms with Gasteiger partial charge in [-0.1, -0.05) is 64.8 Å². The summed E-state index contributed by atoms with van der Waals surface area (Å²) in [7, 11) is 0. The predicted molar refractivity (Wildman–Crippen MR) is 154 cm³/mol. The van der Waals surface area contributed by atoms with E-state index < -0.39 is 0 Å². The van der Waals surface area contributed by atoms with Crippen LogP contribution < -0.4 is 0 Å². The Bertz CT molecular complexity index is 1220. The number of carbonyl (C=O) groups is 4. The van der Waals surface area contributed by atoms with Crippen LogP contribution in [-0.2, 0) is 16.0 Å². The Morgan fingerprint density at radius 3 is 2.32 bits per heavy atom. The minimum Gasteiger partial charge on any atom is -0.300 e. The van der Waals surface area contributed by atoms with E-state index in [1.165, 1.54) is 12.5 Å². The Balaban J connectivity index is 2.00. The summed E-state index contributed by atoms with van der Waals surface area (Å²) >= 11 is 0. The van der Waals surface area contributed by atoms with E-state index in [1.807, 2.05) is 38.1 Å². The Morgan fingerprint density at radius 1 is 1.03 bits per heavy atom. The summed E-state index contributed by atoms with van der Waals surface area (Å²) in [4.78, 5) is 50.3. The highest BCUT2D eigenvalue weighted by Crippen LogP contribution is 2.42. The molecule has 1 aliphatic carbocycles. The van der Waals surface area contributed by atoms with Gasteiger partial charge in [0, 0.05) is 23.5 Å². The van der Waals surface area contributed by atoms with Crippen molar-refractivity contribution >= 4 is 23.1 Å². The van der Waals surface area contributed by atoms with E-state index in [2.05, 4.69) is 26.8 Å². The summed E-state index contributed by atoms with van der Waals surface area (Å²) in [5, 5.41) is 0. The third-order valence-electron chi connectivity index (χ3n) is 8.32. The van der Waals surface area contributed by atoms with Gasteiger partial charge < -0.3 is 0 Å². The molecule has 0 heterocycles. The zero-order chi connectivity index (χ0) is 28.1. The van der Waals surface area contributed by atoms with E-state index in [0.29, 0.717) is 12.0 Å². The lowest BCUT2D eigenvalue weighted by molar-refractivity contribution is -0.129. The van der Waals surface area contributed by atoms with E-state index >= 15 is 0 Å². The first-order valence-electron chi connectivity index (χ1n) is 14.3. The molecule has 0 aromatic heterocycles. The molecule has 0 fully saturated rings. The Hall–Kier alpha value is -2.88. The minimum absolute atomic E-state index is 0.00937. The van der Waals surface area contributed by atoms with Crippen molar-refractivity contribution in [1.82, 2.24) is 0 Å². The van der Waals surface area contributed by atoms with Crippen LogP contribution in [0.25, 0.3) is 11.1 Å². The van der Waals surface area contributed by atoms with Crippen LogP contribution in [0.3, 0.4) is 0 Å². The van der Waals surface area contributed by atoms with Crippen LogP contribution in [0.4, 0.5) is 0 Å². The van der Waals surface area contributed by atoms with Crippen LogP contribution in [0.15, 0.2) is 30.3 Å². The molecule has 0 saturated carbocycles. The lowest BCUT2D eigenvalue weighted by Crippen LogP contribution is -2.30. The third kappa shape index (κ3) is 6.57. The molecule has 0 spiro atoms. The van der Waals surface area contributed by atoms with Gasteiger partial charge in [0.2, 0.25) is 0 Å². The van der Waals surface area contributed by atoms with Crippen LogP contribution >= 0.6 is 0 Å². The van der Waals surface area contributed by atoms with Crippen molar-refractivity contribution in [3.05, 3.63) is 58.1 Å². The van der Waals surface area contributed by atoms with Crippen molar-refractivity contribution in [2.24, 2.45) is 17.8 Å². The number of hydrogen-bond donors (Lipinski definition) is 0. The zero-order valence-electron chi connectivity index (χ0n) is 24.3. The molecule has 0 N–H and O–H groups in total. The van der Waals surface area contributed by atoms with Crippen molar-refractivity contribution < 1.29 is 19.2 Å². The first-order chi connectivity index (χ1) is 18.0. The van der Waals surface area contributed by atoms with E-state index in [9.17, 15) is 19.2 Å². The Kier molecular flexibility index (Phi) is 9.98. The van der Waals surface area contributed by atoms with Gasteiger partial charge in [-0.2, -0.15) is 0 Å². The molecule has 0 radical (unpaired) electrons. The largest absolute Gasteiger partial charge is 0.300 e. The first kappa shape index (κ1) is 29.7. The standard InChI is InChI=1S/C34H44O4/c1-8-11-26(28(9-2)32(37)14-21(5)35)15-24-16-31-29(20(3)4)19-30(22(6)34(31)33(38)17-24)27-13-10-12-25(18-27)23(7)36/h10,12-13,18-20,24,26,28H,8-9,11,14-17H2,1-7H3. The molecule has 2 aromatic rings. The van der Waals surface area contributed by atoms with Gasteiger partial charge in [-0.05, 0) is 91.7 Å². The van der Waals surface area contributed by atoms with Crippen LogP contribution in [0.1, 0.15) is 123 Å². The molecular formula is C34H44O4. The van der Waals surface area contributed by atoms with Crippen LogP contribution in [0.5, 0.6) is 0 Å². The second-order valence-electron chi connectivity index (χ2n) is 11.6. The van der Waals surface area contributed by atoms with Gasteiger partial charge in [-0.15, -0.1) is 0 Å². The monoisotopic (exact) mass is 516 g/mol. The fraction of sp³-hybridized carbons (Fsp3) is 0.529. The fourth-order valence-corrected chi connectivity index (χ4v) is 6.55. The topological polar surface area (TPSA) is 68.3 Å². The summed E-state index contributed by atoms with van der Waals surface area (Å²) in [6, 6.07) is 9.90. The smallest absolute Gasteiger partial charge is 0.163 e. The SMILES string of the molecule is CCCC(CC1CC(=O)c2c(C)c(-c3cccc(C(C)=O)c3)cc(C(C)C)c2C1)C(CC)C(=O)CC(C)=O. The summed E-state index contributed by atoms with van der Waals surface area (Å²) in [5.74, 6) is 0.681. The number of rotatable bonds is 12. The number of carbonyl (C=O) groups excluding carboxylic acids is 4. The average molecular weight is 517 g/mol. The molecule has 4 heteroatoms. The lowest BCUT2D eigenvalue weighted by atomic mass is 9.70. The molecule has 4 nitrogen and oxygen atoms in total. The van der Waals surface area contributed by atoms with E-state index in [4.69, 9.17) is 0 Å². The molecular weight excluding hydrogens is 472 g/mol. The number of Topliss-reactive ketones (excluding diaryl/α,β-unsaturated/α-hetero) is 4. The molecule has 38 heavy (non-hydrogen) atoms. The summed E-state index contributed by atoms with van der Waals surface area (Å²) < 4.78 is 0. The number of benzene rings is 2. The molecule has 2 aromatic carbocycles. The maximum Gasteiger partial charge on any atom is 0.163 e. The molecule has 1 aliphatic rings. The highest BCUT2D eigenvalue weighted by Gasteiger charge is 2.34. The van der Waals surface area contributed by atoms with Crippen molar-refractivity contribution in [3.63, 3.8) is 0 Å². The van der Waals surface area contributed by atoms with Crippen LogP contribution in [0, 0.1) is 24.7 Å². The molecule has 0 amide bonds. The second-order valence-corrected chi connectivity index (χ2v) is 11.6. The van der Waals surface area contributed by atoms with Gasteiger partial charge >= 0.3 is 0 Å². The molecule has 3 rings (SSSR count). The first-order valence-corrected chi connectivity index (χ1v) is 14.3. The predicted octanol–water partition coefficient (Wildman–Crippen LogP) is 8.11. The molecule has 0 aliphatic heterocycles. The maximum absolute atomic E-state index is 13.7. The molecule has 0 bridgehead atoms. The van der Waals surface area contributed by atoms with Gasteiger partial charge in [0.05, 0.1) is 6.42 Å². The van der Waals surface area contributed by atoms with Gasteiger partial charge in [0.1, 0.15) is 11.6 Å². The van der Waals surface area contributed by atoms with Gasteiger partial charge in [-0.3, -0.25) is 19.2 Å². The molecule has 3 unspecified atom stereocenters. The van der Waals surface area contributed by atoms with Crippen molar-refractivity contribution in [2.75, 3.05) is 0 Å². The minimum atomic E-state index is -0.127. The normalized spacial score (nSPS) is 16.7. The quantitative estimate of drug-likeness (QED) is 0.211. The maximum atomic E-state index is 13.7.